The van der Waals surface area contributed by atoms with Crippen LogP contribution in [-0.2, 0) is 6.54 Å². The molecule has 3 nitrogen and oxygen atoms in total. The third-order valence-corrected chi connectivity index (χ3v) is 3.26. The zero-order valence-electron chi connectivity index (χ0n) is 11.3. The van der Waals surface area contributed by atoms with Crippen LogP contribution in [0.1, 0.15) is 40.1 Å². The predicted octanol–water partition coefficient (Wildman–Crippen LogP) is 3.06. The summed E-state index contributed by atoms with van der Waals surface area (Å²) in [7, 11) is 0. The standard InChI is InChI=1S/C15H18N2O/c1-10-7-5-6-8-14(10)9-17-13(4)16-11(2)15(17)12(3)18/h5-8H,9H2,1-4H3. The van der Waals surface area contributed by atoms with Crippen molar-refractivity contribution in [3.8, 4) is 0 Å². The predicted molar refractivity (Wildman–Crippen MR) is 72.0 cm³/mol. The van der Waals surface area contributed by atoms with Gasteiger partial charge in [-0.05, 0) is 31.9 Å². The van der Waals surface area contributed by atoms with Crippen LogP contribution in [-0.4, -0.2) is 15.3 Å². The Kier molecular flexibility index (Phi) is 3.32. The normalized spacial score (nSPS) is 10.7. The molecule has 0 radical (unpaired) electrons. The van der Waals surface area contributed by atoms with Crippen molar-refractivity contribution in [1.29, 1.82) is 0 Å². The van der Waals surface area contributed by atoms with Crippen molar-refractivity contribution in [3.05, 3.63) is 52.6 Å². The molecule has 0 unspecified atom stereocenters. The Hall–Kier alpha value is -1.90. The van der Waals surface area contributed by atoms with Crippen molar-refractivity contribution in [2.24, 2.45) is 0 Å². The summed E-state index contributed by atoms with van der Waals surface area (Å²) < 4.78 is 2.00. The number of carbonyl (C=O) groups excluding carboxylic acids is 1. The fraction of sp³-hybridized carbons (Fsp3) is 0.333. The number of aryl methyl sites for hydroxylation is 3. The van der Waals surface area contributed by atoms with Crippen molar-refractivity contribution in [3.63, 3.8) is 0 Å². The largest absolute Gasteiger partial charge is 0.321 e. The Balaban J connectivity index is 2.47. The van der Waals surface area contributed by atoms with Crippen LogP contribution in [0.2, 0.25) is 0 Å². The summed E-state index contributed by atoms with van der Waals surface area (Å²) in [6.07, 6.45) is 0. The van der Waals surface area contributed by atoms with E-state index in [-0.39, 0.29) is 5.78 Å². The van der Waals surface area contributed by atoms with E-state index in [0.29, 0.717) is 6.54 Å². The van der Waals surface area contributed by atoms with Gasteiger partial charge in [-0.25, -0.2) is 4.98 Å². The zero-order valence-corrected chi connectivity index (χ0v) is 11.3. The molecule has 0 amide bonds. The Morgan fingerprint density at radius 3 is 2.50 bits per heavy atom. The molecule has 0 fully saturated rings. The van der Waals surface area contributed by atoms with Crippen molar-refractivity contribution >= 4 is 5.78 Å². The summed E-state index contributed by atoms with van der Waals surface area (Å²) >= 11 is 0. The average molecular weight is 242 g/mol. The van der Waals surface area contributed by atoms with E-state index in [2.05, 4.69) is 24.0 Å². The zero-order chi connectivity index (χ0) is 13.3. The van der Waals surface area contributed by atoms with E-state index in [0.717, 1.165) is 17.2 Å². The van der Waals surface area contributed by atoms with E-state index >= 15 is 0 Å². The number of nitrogens with zero attached hydrogens (tertiary/aromatic N) is 2. The highest BCUT2D eigenvalue weighted by atomic mass is 16.1. The van der Waals surface area contributed by atoms with Gasteiger partial charge in [0.05, 0.1) is 5.69 Å². The lowest BCUT2D eigenvalue weighted by atomic mass is 10.1. The van der Waals surface area contributed by atoms with Crippen molar-refractivity contribution in [2.75, 3.05) is 0 Å². The molecule has 0 N–H and O–H groups in total. The summed E-state index contributed by atoms with van der Waals surface area (Å²) in [6, 6.07) is 8.22. The molecule has 0 bridgehead atoms. The first-order chi connectivity index (χ1) is 8.50. The quantitative estimate of drug-likeness (QED) is 0.775. The maximum absolute atomic E-state index is 11.7. The fourth-order valence-electron chi connectivity index (χ4n) is 2.31. The van der Waals surface area contributed by atoms with Crippen LogP contribution in [0, 0.1) is 20.8 Å². The molecule has 2 rings (SSSR count). The lowest BCUT2D eigenvalue weighted by Crippen LogP contribution is -2.11. The molecule has 0 saturated carbocycles. The van der Waals surface area contributed by atoms with Gasteiger partial charge in [0.25, 0.3) is 0 Å². The van der Waals surface area contributed by atoms with Crippen LogP contribution in [0.3, 0.4) is 0 Å². The number of hydrogen-bond donors (Lipinski definition) is 0. The summed E-state index contributed by atoms with van der Waals surface area (Å²) in [5.74, 6) is 0.961. The number of Topliss-reactive ketones (excluding diaryl/α,β-unsaturated/α-hetero) is 1. The van der Waals surface area contributed by atoms with E-state index in [4.69, 9.17) is 0 Å². The van der Waals surface area contributed by atoms with Crippen molar-refractivity contribution < 1.29 is 4.79 Å². The minimum atomic E-state index is 0.0710. The molecule has 3 heteroatoms. The third-order valence-electron chi connectivity index (χ3n) is 3.26. The highest BCUT2D eigenvalue weighted by Gasteiger charge is 2.15. The van der Waals surface area contributed by atoms with Gasteiger partial charge in [0.2, 0.25) is 0 Å². The Morgan fingerprint density at radius 1 is 1.22 bits per heavy atom. The topological polar surface area (TPSA) is 34.9 Å². The number of imidazole rings is 1. The Labute approximate surface area is 107 Å². The number of hydrogen-bond acceptors (Lipinski definition) is 2. The minimum Gasteiger partial charge on any atom is -0.321 e. The van der Waals surface area contributed by atoms with Crippen molar-refractivity contribution in [1.82, 2.24) is 9.55 Å². The molecule has 0 aliphatic carbocycles. The van der Waals surface area contributed by atoms with Crippen LogP contribution in [0.4, 0.5) is 0 Å². The lowest BCUT2D eigenvalue weighted by Gasteiger charge is -2.11. The summed E-state index contributed by atoms with van der Waals surface area (Å²) in [5.41, 5.74) is 3.99. The van der Waals surface area contributed by atoms with Crippen LogP contribution in [0.5, 0.6) is 0 Å². The highest BCUT2D eigenvalue weighted by molar-refractivity contribution is 5.93. The highest BCUT2D eigenvalue weighted by Crippen LogP contribution is 2.16. The average Bonchev–Trinajstić information content (AvgIpc) is 2.57. The molecular formula is C15H18N2O. The van der Waals surface area contributed by atoms with Crippen LogP contribution >= 0.6 is 0 Å². The Bertz CT molecular complexity index is 597. The number of aromatic nitrogens is 2. The molecule has 1 aromatic carbocycles. The van der Waals surface area contributed by atoms with Crippen molar-refractivity contribution in [2.45, 2.75) is 34.2 Å². The van der Waals surface area contributed by atoms with Gasteiger partial charge in [-0.15, -0.1) is 0 Å². The van der Waals surface area contributed by atoms with Gasteiger partial charge in [0.15, 0.2) is 5.78 Å². The lowest BCUT2D eigenvalue weighted by molar-refractivity contribution is 0.100. The first-order valence-corrected chi connectivity index (χ1v) is 6.10. The van der Waals surface area contributed by atoms with E-state index in [1.54, 1.807) is 6.92 Å². The number of ketones is 1. The minimum absolute atomic E-state index is 0.0710. The first kappa shape index (κ1) is 12.6. The second kappa shape index (κ2) is 4.77. The van der Waals surface area contributed by atoms with E-state index in [9.17, 15) is 4.79 Å². The molecule has 0 aliphatic rings. The van der Waals surface area contributed by atoms with E-state index in [1.165, 1.54) is 11.1 Å². The van der Waals surface area contributed by atoms with Crippen LogP contribution in [0.25, 0.3) is 0 Å². The van der Waals surface area contributed by atoms with Gasteiger partial charge in [0, 0.05) is 13.5 Å². The molecule has 94 valence electrons. The van der Waals surface area contributed by atoms with Gasteiger partial charge in [-0.1, -0.05) is 24.3 Å². The molecule has 1 heterocycles. The maximum atomic E-state index is 11.7. The molecule has 0 spiro atoms. The fourth-order valence-corrected chi connectivity index (χ4v) is 2.31. The monoisotopic (exact) mass is 242 g/mol. The number of carbonyl (C=O) groups is 1. The molecule has 0 atom stereocenters. The summed E-state index contributed by atoms with van der Waals surface area (Å²) in [4.78, 5) is 16.1. The molecular weight excluding hydrogens is 224 g/mol. The molecule has 18 heavy (non-hydrogen) atoms. The second-order valence-corrected chi connectivity index (χ2v) is 4.66. The number of benzene rings is 1. The molecule has 2 aromatic rings. The summed E-state index contributed by atoms with van der Waals surface area (Å²) in [5, 5.41) is 0. The smallest absolute Gasteiger partial charge is 0.178 e. The molecule has 1 aromatic heterocycles. The first-order valence-electron chi connectivity index (χ1n) is 6.10. The number of rotatable bonds is 3. The second-order valence-electron chi connectivity index (χ2n) is 4.66. The SMILES string of the molecule is CC(=O)c1c(C)nc(C)n1Cc1ccccc1C. The van der Waals surface area contributed by atoms with Gasteiger partial charge in [-0.2, -0.15) is 0 Å². The maximum Gasteiger partial charge on any atom is 0.178 e. The van der Waals surface area contributed by atoms with E-state index < -0.39 is 0 Å². The van der Waals surface area contributed by atoms with Crippen LogP contribution in [0.15, 0.2) is 24.3 Å². The molecule has 0 saturated heterocycles. The van der Waals surface area contributed by atoms with Crippen LogP contribution < -0.4 is 0 Å². The van der Waals surface area contributed by atoms with Gasteiger partial charge in [0.1, 0.15) is 11.5 Å². The van der Waals surface area contributed by atoms with Gasteiger partial charge < -0.3 is 4.57 Å². The molecule has 0 aliphatic heterocycles. The van der Waals surface area contributed by atoms with Gasteiger partial charge >= 0.3 is 0 Å². The van der Waals surface area contributed by atoms with Gasteiger partial charge in [-0.3, -0.25) is 4.79 Å². The summed E-state index contributed by atoms with van der Waals surface area (Å²) in [6.45, 7) is 8.21. The van der Waals surface area contributed by atoms with E-state index in [1.807, 2.05) is 30.5 Å². The Morgan fingerprint density at radius 2 is 1.89 bits per heavy atom. The third kappa shape index (κ3) is 2.21.